The van der Waals surface area contributed by atoms with E-state index in [1.54, 1.807) is 17.5 Å². The summed E-state index contributed by atoms with van der Waals surface area (Å²) in [6, 6.07) is 3.35. The van der Waals surface area contributed by atoms with Gasteiger partial charge < -0.3 is 10.2 Å². The first kappa shape index (κ1) is 20.5. The van der Waals surface area contributed by atoms with Gasteiger partial charge in [0, 0.05) is 37.2 Å². The largest absolute Gasteiger partial charge is 0.357 e. The Kier molecular flexibility index (Phi) is 8.05. The van der Waals surface area contributed by atoms with Gasteiger partial charge in [-0.05, 0) is 24.3 Å². The Morgan fingerprint density at radius 2 is 2.28 bits per heavy atom. The molecule has 2 N–H and O–H groups in total. The van der Waals surface area contributed by atoms with Gasteiger partial charge in [-0.25, -0.2) is 13.1 Å². The van der Waals surface area contributed by atoms with Gasteiger partial charge in [-0.1, -0.05) is 19.9 Å². The zero-order valence-corrected chi connectivity index (χ0v) is 17.5. The molecule has 9 heteroatoms. The highest BCUT2D eigenvalue weighted by Gasteiger charge is 2.24. The Morgan fingerprint density at radius 3 is 2.92 bits per heavy atom. The third-order valence-corrected chi connectivity index (χ3v) is 8.30. The number of guanidine groups is 1. The molecule has 1 aromatic rings. The monoisotopic (exact) mass is 404 g/mol. The van der Waals surface area contributed by atoms with Gasteiger partial charge in [0.1, 0.15) is 4.21 Å². The van der Waals surface area contributed by atoms with Crippen LogP contribution in [0.5, 0.6) is 0 Å². The number of hydrogen-bond donors (Lipinski definition) is 2. The third-order valence-electron chi connectivity index (χ3n) is 3.90. The highest BCUT2D eigenvalue weighted by Crippen LogP contribution is 2.24. The van der Waals surface area contributed by atoms with Crippen molar-refractivity contribution in [3.05, 3.63) is 17.5 Å². The van der Waals surface area contributed by atoms with Gasteiger partial charge >= 0.3 is 0 Å². The second-order valence-corrected chi connectivity index (χ2v) is 10.5. The van der Waals surface area contributed by atoms with E-state index in [0.717, 1.165) is 31.3 Å². The Labute approximate surface area is 159 Å². The van der Waals surface area contributed by atoms with Crippen molar-refractivity contribution in [2.24, 2.45) is 10.9 Å². The summed E-state index contributed by atoms with van der Waals surface area (Å²) in [6.07, 6.45) is 0. The zero-order chi connectivity index (χ0) is 18.3. The Morgan fingerprint density at radius 1 is 1.48 bits per heavy atom. The van der Waals surface area contributed by atoms with Crippen LogP contribution in [0.15, 0.2) is 26.7 Å². The maximum Gasteiger partial charge on any atom is 0.250 e. The van der Waals surface area contributed by atoms with E-state index >= 15 is 0 Å². The van der Waals surface area contributed by atoms with Crippen molar-refractivity contribution in [3.8, 4) is 0 Å². The second-order valence-electron chi connectivity index (χ2n) is 6.16. The van der Waals surface area contributed by atoms with Gasteiger partial charge in [0.2, 0.25) is 10.0 Å². The molecule has 6 nitrogen and oxygen atoms in total. The highest BCUT2D eigenvalue weighted by atomic mass is 32.2. The molecule has 2 rings (SSSR count). The maximum absolute atomic E-state index is 12.1. The van der Waals surface area contributed by atoms with E-state index < -0.39 is 10.0 Å². The normalized spacial score (nSPS) is 19.4. The lowest BCUT2D eigenvalue weighted by Crippen LogP contribution is -2.49. The van der Waals surface area contributed by atoms with E-state index in [4.69, 9.17) is 0 Å². The number of hydrogen-bond acceptors (Lipinski definition) is 5. The summed E-state index contributed by atoms with van der Waals surface area (Å²) in [5.74, 6) is 2.61. The maximum atomic E-state index is 12.1. The molecular weight excluding hydrogens is 376 g/mol. The van der Waals surface area contributed by atoms with Crippen molar-refractivity contribution in [1.29, 1.82) is 0 Å². The van der Waals surface area contributed by atoms with Crippen LogP contribution in [-0.4, -0.2) is 63.0 Å². The topological polar surface area (TPSA) is 73.8 Å². The minimum Gasteiger partial charge on any atom is -0.357 e. The van der Waals surface area contributed by atoms with Crippen molar-refractivity contribution in [3.63, 3.8) is 0 Å². The minimum atomic E-state index is -3.41. The summed E-state index contributed by atoms with van der Waals surface area (Å²) in [6.45, 7) is 10.0. The number of nitrogens with one attached hydrogen (secondary N) is 2. The molecule has 1 unspecified atom stereocenters. The van der Waals surface area contributed by atoms with Gasteiger partial charge in [0.25, 0.3) is 0 Å². The molecule has 1 aromatic heterocycles. The molecule has 0 radical (unpaired) electrons. The van der Waals surface area contributed by atoms with Crippen molar-refractivity contribution >= 4 is 39.1 Å². The van der Waals surface area contributed by atoms with Crippen LogP contribution >= 0.6 is 23.1 Å². The van der Waals surface area contributed by atoms with Gasteiger partial charge in [0.15, 0.2) is 5.96 Å². The van der Waals surface area contributed by atoms with Crippen LogP contribution in [0.25, 0.3) is 0 Å². The zero-order valence-electron chi connectivity index (χ0n) is 15.1. The fourth-order valence-electron chi connectivity index (χ4n) is 2.53. The molecule has 1 aliphatic heterocycles. The summed E-state index contributed by atoms with van der Waals surface area (Å²) in [5.41, 5.74) is 0. The van der Waals surface area contributed by atoms with Gasteiger partial charge in [0.05, 0.1) is 6.54 Å². The van der Waals surface area contributed by atoms with Gasteiger partial charge in [-0.2, -0.15) is 11.8 Å². The standard InChI is InChI=1S/C16H28N4O2S3/c1-4-17-16(20-9-11-23-14(12-20)13(2)3)18-7-8-19-25(21,22)15-6-5-10-24-15/h5-6,10,13-14,19H,4,7-9,11-12H2,1-3H3,(H,17,18). The fraction of sp³-hybridized carbons (Fsp3) is 0.688. The third kappa shape index (κ3) is 6.16. The van der Waals surface area contributed by atoms with Crippen LogP contribution in [0.4, 0.5) is 0 Å². The number of nitrogens with zero attached hydrogens (tertiary/aromatic N) is 2. The van der Waals surface area contributed by atoms with Crippen LogP contribution < -0.4 is 10.0 Å². The summed E-state index contributed by atoms with van der Waals surface area (Å²) < 4.78 is 27.2. The van der Waals surface area contributed by atoms with Crippen molar-refractivity contribution in [2.45, 2.75) is 30.2 Å². The molecule has 0 bridgehead atoms. The van der Waals surface area contributed by atoms with Gasteiger partial charge in [-0.15, -0.1) is 11.3 Å². The molecule has 0 amide bonds. The molecule has 2 heterocycles. The lowest BCUT2D eigenvalue weighted by molar-refractivity contribution is 0.381. The summed E-state index contributed by atoms with van der Waals surface area (Å²) in [7, 11) is -3.41. The van der Waals surface area contributed by atoms with Crippen LogP contribution in [0.3, 0.4) is 0 Å². The average molecular weight is 405 g/mol. The summed E-state index contributed by atoms with van der Waals surface area (Å²) in [5, 5.41) is 5.69. The van der Waals surface area contributed by atoms with Crippen LogP contribution in [0.2, 0.25) is 0 Å². The van der Waals surface area contributed by atoms with Crippen molar-refractivity contribution in [2.75, 3.05) is 38.5 Å². The molecule has 0 aliphatic carbocycles. The molecule has 142 valence electrons. The smallest absolute Gasteiger partial charge is 0.250 e. The Bertz CT molecular complexity index is 644. The quantitative estimate of drug-likeness (QED) is 0.413. The molecule has 0 spiro atoms. The molecule has 0 saturated carbocycles. The summed E-state index contributed by atoms with van der Waals surface area (Å²) >= 11 is 3.24. The summed E-state index contributed by atoms with van der Waals surface area (Å²) in [4.78, 5) is 6.90. The lowest BCUT2D eigenvalue weighted by Gasteiger charge is -2.36. The SMILES string of the molecule is CCNC(=NCCNS(=O)(=O)c1cccs1)N1CCSC(C(C)C)C1. The Balaban J connectivity index is 1.91. The van der Waals surface area contributed by atoms with E-state index in [1.165, 1.54) is 11.3 Å². The number of sulfonamides is 1. The van der Waals surface area contributed by atoms with E-state index in [0.29, 0.717) is 28.5 Å². The number of thiophene rings is 1. The molecule has 1 fully saturated rings. The first-order valence-electron chi connectivity index (χ1n) is 8.62. The Hall–Kier alpha value is -0.770. The van der Waals surface area contributed by atoms with Gasteiger partial charge in [-0.3, -0.25) is 4.99 Å². The van der Waals surface area contributed by atoms with Crippen LogP contribution in [0, 0.1) is 5.92 Å². The van der Waals surface area contributed by atoms with E-state index in [9.17, 15) is 8.42 Å². The predicted molar refractivity (Wildman–Crippen MR) is 108 cm³/mol. The second kappa shape index (κ2) is 9.80. The highest BCUT2D eigenvalue weighted by molar-refractivity contribution is 8.00. The van der Waals surface area contributed by atoms with Crippen LogP contribution in [-0.2, 0) is 10.0 Å². The van der Waals surface area contributed by atoms with Crippen LogP contribution in [0.1, 0.15) is 20.8 Å². The molecule has 1 atom stereocenters. The van der Waals surface area contributed by atoms with E-state index in [2.05, 4.69) is 33.8 Å². The van der Waals surface area contributed by atoms with Crippen molar-refractivity contribution < 1.29 is 8.42 Å². The molecular formula is C16H28N4O2S3. The fourth-order valence-corrected chi connectivity index (χ4v) is 5.88. The molecule has 25 heavy (non-hydrogen) atoms. The minimum absolute atomic E-state index is 0.297. The first-order chi connectivity index (χ1) is 11.9. The first-order valence-corrected chi connectivity index (χ1v) is 12.0. The van der Waals surface area contributed by atoms with E-state index in [-0.39, 0.29) is 0 Å². The average Bonchev–Trinajstić information content (AvgIpc) is 3.13. The predicted octanol–water partition coefficient (Wildman–Crippen LogP) is 2.07. The van der Waals surface area contributed by atoms with Crippen molar-refractivity contribution in [1.82, 2.24) is 14.9 Å². The lowest BCUT2D eigenvalue weighted by atomic mass is 10.1. The molecule has 1 aliphatic rings. The van der Waals surface area contributed by atoms with E-state index in [1.807, 2.05) is 18.7 Å². The number of thioether (sulfide) groups is 1. The molecule has 0 aromatic carbocycles. The number of rotatable bonds is 7. The number of aliphatic imine (C=N–C) groups is 1. The molecule has 1 saturated heterocycles.